The van der Waals surface area contributed by atoms with E-state index in [0.29, 0.717) is 12.3 Å². The minimum atomic E-state index is -3.04. The number of thioether (sulfide) groups is 1. The molecule has 1 saturated heterocycles. The highest BCUT2D eigenvalue weighted by molar-refractivity contribution is 7.99. The number of nitrogens with zero attached hydrogens (tertiary/aromatic N) is 2. The van der Waals surface area contributed by atoms with E-state index in [1.165, 1.54) is 0 Å². The lowest BCUT2D eigenvalue weighted by Crippen LogP contribution is -2.47. The molecule has 3 N–H and O–H groups in total. The van der Waals surface area contributed by atoms with Gasteiger partial charge in [-0.3, -0.25) is 4.79 Å². The van der Waals surface area contributed by atoms with Gasteiger partial charge in [0.25, 0.3) is 5.22 Å². The Morgan fingerprint density at radius 2 is 2.30 bits per heavy atom. The van der Waals surface area contributed by atoms with Crippen LogP contribution in [-0.4, -0.2) is 47.3 Å². The summed E-state index contributed by atoms with van der Waals surface area (Å²) in [5, 5.41) is 10.4. The highest BCUT2D eigenvalue weighted by Gasteiger charge is 2.39. The van der Waals surface area contributed by atoms with Gasteiger partial charge in [-0.15, -0.1) is 10.2 Å². The van der Waals surface area contributed by atoms with E-state index in [0.717, 1.165) is 11.8 Å². The average molecular weight is 320 g/mol. The summed E-state index contributed by atoms with van der Waals surface area (Å²) in [6.07, 6.45) is 0.434. The molecule has 1 aliphatic rings. The van der Waals surface area contributed by atoms with Crippen molar-refractivity contribution in [2.75, 3.05) is 17.3 Å². The zero-order valence-corrected chi connectivity index (χ0v) is 12.6. The molecule has 1 aromatic heterocycles. The lowest BCUT2D eigenvalue weighted by Gasteiger charge is -2.23. The zero-order chi connectivity index (χ0) is 14.8. The van der Waals surface area contributed by atoms with E-state index in [4.69, 9.17) is 10.2 Å². The Hall–Kier alpha value is -1.13. The predicted octanol–water partition coefficient (Wildman–Crippen LogP) is -0.686. The summed E-state index contributed by atoms with van der Waals surface area (Å²) in [6.45, 7) is 1.88. The van der Waals surface area contributed by atoms with Crippen LogP contribution >= 0.6 is 11.8 Å². The van der Waals surface area contributed by atoms with E-state index in [1.54, 1.807) is 6.92 Å². The maximum absolute atomic E-state index is 11.8. The third kappa shape index (κ3) is 3.93. The van der Waals surface area contributed by atoms with Gasteiger partial charge in [0.1, 0.15) is 0 Å². The second kappa shape index (κ2) is 5.70. The third-order valence-corrected chi connectivity index (χ3v) is 5.62. The molecule has 1 atom stereocenters. The van der Waals surface area contributed by atoms with Crippen molar-refractivity contribution in [2.45, 2.75) is 30.7 Å². The molecule has 0 saturated carbocycles. The van der Waals surface area contributed by atoms with Crippen molar-refractivity contribution in [1.82, 2.24) is 15.5 Å². The Morgan fingerprint density at radius 1 is 1.55 bits per heavy atom. The second-order valence-corrected chi connectivity index (χ2v) is 8.02. The number of nitrogens with two attached hydrogens (primary N) is 1. The van der Waals surface area contributed by atoms with Crippen molar-refractivity contribution >= 4 is 27.5 Å². The van der Waals surface area contributed by atoms with Crippen molar-refractivity contribution in [2.24, 2.45) is 5.73 Å². The van der Waals surface area contributed by atoms with Crippen LogP contribution in [0.3, 0.4) is 0 Å². The summed E-state index contributed by atoms with van der Waals surface area (Å²) in [4.78, 5) is 11.8. The number of carbonyl (C=O) groups is 1. The largest absolute Gasteiger partial charge is 0.415 e. The average Bonchev–Trinajstić information content (AvgIpc) is 2.91. The van der Waals surface area contributed by atoms with Crippen LogP contribution < -0.4 is 11.1 Å². The molecular weight excluding hydrogens is 304 g/mol. The van der Waals surface area contributed by atoms with Crippen molar-refractivity contribution in [3.05, 3.63) is 5.89 Å². The Bertz CT molecular complexity index is 600. The van der Waals surface area contributed by atoms with Crippen LogP contribution in [0.1, 0.15) is 19.2 Å². The first-order valence-electron chi connectivity index (χ1n) is 5.99. The van der Waals surface area contributed by atoms with Crippen LogP contribution in [0.2, 0.25) is 0 Å². The number of hydrogen-bond acceptors (Lipinski definition) is 8. The molecule has 1 unspecified atom stereocenters. The molecule has 0 aliphatic carbocycles. The molecule has 0 aromatic carbocycles. The lowest BCUT2D eigenvalue weighted by molar-refractivity contribution is -0.120. The number of carbonyl (C=O) groups excluding carboxylic acids is 1. The zero-order valence-electron chi connectivity index (χ0n) is 11.0. The first kappa shape index (κ1) is 15.3. The molecule has 1 fully saturated rings. The van der Waals surface area contributed by atoms with Crippen LogP contribution in [0.15, 0.2) is 9.64 Å². The van der Waals surface area contributed by atoms with Gasteiger partial charge in [0.2, 0.25) is 11.8 Å². The standard InChI is InChI=1S/C10H16N4O4S2/c1-10(2-3-20(16,17)6-10)12-7(15)5-19-9-14-13-8(4-11)18-9/h2-6,11H2,1H3,(H,12,15). The van der Waals surface area contributed by atoms with Crippen molar-refractivity contribution in [1.29, 1.82) is 0 Å². The van der Waals surface area contributed by atoms with Gasteiger partial charge in [-0.2, -0.15) is 0 Å². The Labute approximate surface area is 120 Å². The molecule has 10 heteroatoms. The van der Waals surface area contributed by atoms with Gasteiger partial charge >= 0.3 is 0 Å². The number of sulfone groups is 1. The summed E-state index contributed by atoms with van der Waals surface area (Å²) >= 11 is 1.09. The first-order chi connectivity index (χ1) is 9.32. The van der Waals surface area contributed by atoms with Gasteiger partial charge in [0, 0.05) is 0 Å². The van der Waals surface area contributed by atoms with E-state index in [2.05, 4.69) is 15.5 Å². The summed E-state index contributed by atoms with van der Waals surface area (Å²) in [6, 6.07) is 0. The van der Waals surface area contributed by atoms with Gasteiger partial charge < -0.3 is 15.5 Å². The second-order valence-electron chi connectivity index (χ2n) is 4.91. The molecule has 2 heterocycles. The van der Waals surface area contributed by atoms with Crippen molar-refractivity contribution < 1.29 is 17.6 Å². The van der Waals surface area contributed by atoms with E-state index < -0.39 is 15.4 Å². The SMILES string of the molecule is CC1(NC(=O)CSc2nnc(CN)o2)CCS(=O)(=O)C1. The molecule has 112 valence electrons. The van der Waals surface area contributed by atoms with E-state index in [1.807, 2.05) is 0 Å². The van der Waals surface area contributed by atoms with Crippen LogP contribution in [0, 0.1) is 0 Å². The Kier molecular flexibility index (Phi) is 4.35. The molecule has 0 radical (unpaired) electrons. The minimum absolute atomic E-state index is 0.0196. The van der Waals surface area contributed by atoms with Gasteiger partial charge in [-0.25, -0.2) is 8.42 Å². The normalized spacial score (nSPS) is 24.7. The number of aromatic nitrogens is 2. The van der Waals surface area contributed by atoms with Gasteiger partial charge in [-0.05, 0) is 13.3 Å². The van der Waals surface area contributed by atoms with Gasteiger partial charge in [-0.1, -0.05) is 11.8 Å². The maximum atomic E-state index is 11.8. The molecule has 0 spiro atoms. The smallest absolute Gasteiger partial charge is 0.277 e. The number of rotatable bonds is 5. The van der Waals surface area contributed by atoms with Crippen LogP contribution in [-0.2, 0) is 21.2 Å². The lowest BCUT2D eigenvalue weighted by atomic mass is 10.0. The molecule has 1 aliphatic heterocycles. The van der Waals surface area contributed by atoms with Crippen molar-refractivity contribution in [3.63, 3.8) is 0 Å². The molecule has 1 amide bonds. The topological polar surface area (TPSA) is 128 Å². The monoisotopic (exact) mass is 320 g/mol. The summed E-state index contributed by atoms with van der Waals surface area (Å²) < 4.78 is 28.0. The number of hydrogen-bond donors (Lipinski definition) is 2. The van der Waals surface area contributed by atoms with Gasteiger partial charge in [0.05, 0.1) is 29.3 Å². The summed E-state index contributed by atoms with van der Waals surface area (Å²) in [5.41, 5.74) is 4.64. The predicted molar refractivity (Wildman–Crippen MR) is 72.7 cm³/mol. The molecule has 2 rings (SSSR count). The van der Waals surface area contributed by atoms with Crippen LogP contribution in [0.25, 0.3) is 0 Å². The highest BCUT2D eigenvalue weighted by atomic mass is 32.2. The molecular formula is C10H16N4O4S2. The van der Waals surface area contributed by atoms with E-state index in [-0.39, 0.29) is 34.9 Å². The quantitative estimate of drug-likeness (QED) is 0.682. The van der Waals surface area contributed by atoms with E-state index >= 15 is 0 Å². The maximum Gasteiger partial charge on any atom is 0.277 e. The molecule has 8 nitrogen and oxygen atoms in total. The molecule has 1 aromatic rings. The fourth-order valence-corrected chi connectivity index (χ4v) is 4.66. The molecule has 0 bridgehead atoms. The minimum Gasteiger partial charge on any atom is -0.415 e. The fourth-order valence-electron chi connectivity index (χ4n) is 1.99. The molecule has 20 heavy (non-hydrogen) atoms. The highest BCUT2D eigenvalue weighted by Crippen LogP contribution is 2.23. The van der Waals surface area contributed by atoms with Crippen LogP contribution in [0.4, 0.5) is 0 Å². The van der Waals surface area contributed by atoms with Gasteiger partial charge in [0.15, 0.2) is 9.84 Å². The van der Waals surface area contributed by atoms with E-state index in [9.17, 15) is 13.2 Å². The number of nitrogens with one attached hydrogen (secondary N) is 1. The van der Waals surface area contributed by atoms with Crippen LogP contribution in [0.5, 0.6) is 0 Å². The summed E-state index contributed by atoms with van der Waals surface area (Å²) in [7, 11) is -3.04. The Balaban J connectivity index is 1.84. The third-order valence-electron chi connectivity index (χ3n) is 2.89. The number of amides is 1. The fraction of sp³-hybridized carbons (Fsp3) is 0.700. The first-order valence-corrected chi connectivity index (χ1v) is 8.79. The van der Waals surface area contributed by atoms with Crippen molar-refractivity contribution in [3.8, 4) is 0 Å². The Morgan fingerprint density at radius 3 is 2.85 bits per heavy atom. The summed E-state index contributed by atoms with van der Waals surface area (Å²) in [5.74, 6) is 0.222.